The number of hydrogen-bond acceptors (Lipinski definition) is 6. The van der Waals surface area contributed by atoms with Gasteiger partial charge in [0.1, 0.15) is 5.60 Å². The summed E-state index contributed by atoms with van der Waals surface area (Å²) in [6.07, 6.45) is 8.28. The van der Waals surface area contributed by atoms with Crippen molar-refractivity contribution in [2.24, 2.45) is 0 Å². The minimum atomic E-state index is -0.628. The van der Waals surface area contributed by atoms with E-state index in [0.717, 1.165) is 35.6 Å². The summed E-state index contributed by atoms with van der Waals surface area (Å²) < 4.78 is 17.0. The lowest BCUT2D eigenvalue weighted by molar-refractivity contribution is 0.0635. The number of amides is 2. The summed E-state index contributed by atoms with van der Waals surface area (Å²) in [4.78, 5) is 25.1. The number of methoxy groups -OCH3 is 1. The van der Waals surface area contributed by atoms with Crippen molar-refractivity contribution in [2.45, 2.75) is 58.2 Å². The van der Waals surface area contributed by atoms with Gasteiger partial charge in [-0.1, -0.05) is 36.4 Å². The van der Waals surface area contributed by atoms with Gasteiger partial charge in [0.25, 0.3) is 5.91 Å². The molecule has 8 nitrogen and oxygen atoms in total. The Balaban J connectivity index is 1.30. The second-order valence-corrected chi connectivity index (χ2v) is 10.9. The zero-order valence-electron chi connectivity index (χ0n) is 24.2. The van der Waals surface area contributed by atoms with Crippen LogP contribution < -0.4 is 25.4 Å². The summed E-state index contributed by atoms with van der Waals surface area (Å²) in [6, 6.07) is 20.2. The van der Waals surface area contributed by atoms with E-state index in [0.29, 0.717) is 23.5 Å². The van der Waals surface area contributed by atoms with Crippen LogP contribution in [-0.4, -0.2) is 37.4 Å². The van der Waals surface area contributed by atoms with Crippen LogP contribution in [0, 0.1) is 0 Å². The number of hydrogen-bond donors (Lipinski definition) is 3. The van der Waals surface area contributed by atoms with Crippen LogP contribution in [0.5, 0.6) is 11.5 Å². The van der Waals surface area contributed by atoms with Crippen molar-refractivity contribution in [1.29, 1.82) is 0 Å². The average molecular weight is 558 g/mol. The standard InChI is InChI=1S/C33H39N3O5/c1-33(2,3)41-32(38)36-28-14-8-7-13-27(28)35-31(37)24-17-15-23(16-18-24)10-9-21-34-25-19-20-29(39-4)30(22-25)40-26-11-5-6-12-26/h7-10,13-20,22,26,34H,5-6,11-12,21H2,1-4H3,(H,35,37)(H,36,38). The van der Waals surface area contributed by atoms with Gasteiger partial charge < -0.3 is 24.8 Å². The Hall–Kier alpha value is -4.46. The number of carbonyl (C=O) groups is 2. The molecule has 4 rings (SSSR count). The number of para-hydroxylation sites is 2. The summed E-state index contributed by atoms with van der Waals surface area (Å²) in [5, 5.41) is 8.95. The maximum Gasteiger partial charge on any atom is 0.412 e. The van der Waals surface area contributed by atoms with E-state index in [4.69, 9.17) is 14.2 Å². The van der Waals surface area contributed by atoms with Gasteiger partial charge in [-0.25, -0.2) is 4.79 Å². The van der Waals surface area contributed by atoms with Gasteiger partial charge in [-0.15, -0.1) is 0 Å². The molecule has 1 aliphatic carbocycles. The maximum atomic E-state index is 12.9. The molecule has 0 heterocycles. The first-order valence-electron chi connectivity index (χ1n) is 14.0. The van der Waals surface area contributed by atoms with E-state index in [1.807, 2.05) is 42.5 Å². The quantitative estimate of drug-likeness (QED) is 0.236. The van der Waals surface area contributed by atoms with Crippen molar-refractivity contribution < 1.29 is 23.8 Å². The Bertz CT molecular complexity index is 1360. The fraction of sp³-hybridized carbons (Fsp3) is 0.333. The summed E-state index contributed by atoms with van der Waals surface area (Å²) in [6.45, 7) is 6.00. The van der Waals surface area contributed by atoms with E-state index in [1.165, 1.54) is 12.8 Å². The molecule has 3 aromatic carbocycles. The molecule has 0 aliphatic heterocycles. The number of ether oxygens (including phenoxy) is 3. The van der Waals surface area contributed by atoms with Gasteiger partial charge in [0.2, 0.25) is 0 Å². The molecule has 0 atom stereocenters. The van der Waals surface area contributed by atoms with E-state index < -0.39 is 11.7 Å². The first-order valence-corrected chi connectivity index (χ1v) is 14.0. The van der Waals surface area contributed by atoms with Crippen LogP contribution in [0.3, 0.4) is 0 Å². The minimum absolute atomic E-state index is 0.257. The van der Waals surface area contributed by atoms with Gasteiger partial charge in [0.05, 0.1) is 24.6 Å². The maximum absolute atomic E-state index is 12.9. The van der Waals surface area contributed by atoms with Crippen molar-refractivity contribution in [3.63, 3.8) is 0 Å². The van der Waals surface area contributed by atoms with Crippen LogP contribution in [0.25, 0.3) is 6.08 Å². The van der Waals surface area contributed by atoms with Crippen LogP contribution in [0.15, 0.2) is 72.8 Å². The van der Waals surface area contributed by atoms with E-state index >= 15 is 0 Å². The highest BCUT2D eigenvalue weighted by Gasteiger charge is 2.19. The lowest BCUT2D eigenvalue weighted by Gasteiger charge is -2.20. The van der Waals surface area contributed by atoms with Crippen LogP contribution >= 0.6 is 0 Å². The molecular formula is C33H39N3O5. The SMILES string of the molecule is COc1ccc(NCC=Cc2ccc(C(=O)Nc3ccccc3NC(=O)OC(C)(C)C)cc2)cc1OC1CCCC1. The number of benzene rings is 3. The molecule has 2 amide bonds. The van der Waals surface area contributed by atoms with Gasteiger partial charge in [-0.3, -0.25) is 10.1 Å². The van der Waals surface area contributed by atoms with E-state index in [-0.39, 0.29) is 12.0 Å². The molecule has 0 spiro atoms. The first kappa shape index (κ1) is 29.5. The monoisotopic (exact) mass is 557 g/mol. The molecule has 0 unspecified atom stereocenters. The molecule has 1 aliphatic rings. The lowest BCUT2D eigenvalue weighted by atomic mass is 10.1. The summed E-state index contributed by atoms with van der Waals surface area (Å²) >= 11 is 0. The van der Waals surface area contributed by atoms with Gasteiger partial charge in [-0.2, -0.15) is 0 Å². The van der Waals surface area contributed by atoms with Gasteiger partial charge >= 0.3 is 6.09 Å². The largest absolute Gasteiger partial charge is 0.493 e. The van der Waals surface area contributed by atoms with Crippen molar-refractivity contribution in [1.82, 2.24) is 0 Å². The summed E-state index contributed by atoms with van der Waals surface area (Å²) in [7, 11) is 1.66. The highest BCUT2D eigenvalue weighted by molar-refractivity contribution is 6.07. The van der Waals surface area contributed by atoms with Crippen molar-refractivity contribution in [2.75, 3.05) is 29.6 Å². The van der Waals surface area contributed by atoms with E-state index in [2.05, 4.69) is 16.0 Å². The molecule has 0 radical (unpaired) electrons. The molecule has 1 saturated carbocycles. The smallest absolute Gasteiger partial charge is 0.412 e. The molecule has 41 heavy (non-hydrogen) atoms. The normalized spacial score (nSPS) is 13.6. The summed E-state index contributed by atoms with van der Waals surface area (Å²) in [5.74, 6) is 1.23. The molecule has 8 heteroatoms. The average Bonchev–Trinajstić information content (AvgIpc) is 3.45. The third kappa shape index (κ3) is 9.03. The lowest BCUT2D eigenvalue weighted by Crippen LogP contribution is -2.27. The predicted molar refractivity (Wildman–Crippen MR) is 164 cm³/mol. The molecule has 0 saturated heterocycles. The second-order valence-electron chi connectivity index (χ2n) is 10.9. The Morgan fingerprint density at radius 1 is 0.902 bits per heavy atom. The number of anilines is 3. The highest BCUT2D eigenvalue weighted by atomic mass is 16.6. The highest BCUT2D eigenvalue weighted by Crippen LogP contribution is 2.34. The molecule has 3 N–H and O–H groups in total. The number of nitrogens with one attached hydrogen (secondary N) is 3. The topological polar surface area (TPSA) is 97.9 Å². The fourth-order valence-corrected chi connectivity index (χ4v) is 4.49. The van der Waals surface area contributed by atoms with Crippen LogP contribution in [0.4, 0.5) is 21.9 Å². The molecule has 3 aromatic rings. The van der Waals surface area contributed by atoms with Crippen LogP contribution in [0.1, 0.15) is 62.4 Å². The van der Waals surface area contributed by atoms with E-state index in [1.54, 1.807) is 64.3 Å². The Morgan fingerprint density at radius 2 is 1.59 bits per heavy atom. The molecule has 1 fully saturated rings. The Kier molecular flexibility index (Phi) is 9.90. The number of carbonyl (C=O) groups excluding carboxylic acids is 2. The van der Waals surface area contributed by atoms with Crippen LogP contribution in [-0.2, 0) is 4.74 Å². The fourth-order valence-electron chi connectivity index (χ4n) is 4.49. The minimum Gasteiger partial charge on any atom is -0.493 e. The molecular weight excluding hydrogens is 518 g/mol. The summed E-state index contributed by atoms with van der Waals surface area (Å²) in [5.41, 5.74) is 2.73. The van der Waals surface area contributed by atoms with Gasteiger partial charge in [0, 0.05) is 23.9 Å². The van der Waals surface area contributed by atoms with E-state index in [9.17, 15) is 9.59 Å². The van der Waals surface area contributed by atoms with Gasteiger partial charge in [-0.05, 0) is 88.4 Å². The third-order valence-corrected chi connectivity index (χ3v) is 6.48. The van der Waals surface area contributed by atoms with Gasteiger partial charge in [0.15, 0.2) is 11.5 Å². The number of rotatable bonds is 10. The van der Waals surface area contributed by atoms with Crippen molar-refractivity contribution >= 4 is 35.1 Å². The second kappa shape index (κ2) is 13.7. The third-order valence-electron chi connectivity index (χ3n) is 6.48. The predicted octanol–water partition coefficient (Wildman–Crippen LogP) is 7.74. The van der Waals surface area contributed by atoms with Crippen molar-refractivity contribution in [3.05, 3.63) is 83.9 Å². The zero-order valence-corrected chi connectivity index (χ0v) is 24.2. The zero-order chi connectivity index (χ0) is 29.2. The Labute approximate surface area is 242 Å². The molecule has 216 valence electrons. The van der Waals surface area contributed by atoms with Crippen LogP contribution in [0.2, 0.25) is 0 Å². The van der Waals surface area contributed by atoms with Crippen molar-refractivity contribution in [3.8, 4) is 11.5 Å². The first-order chi connectivity index (χ1) is 19.7. The molecule has 0 bridgehead atoms. The molecule has 0 aromatic heterocycles. The Morgan fingerprint density at radius 3 is 2.24 bits per heavy atom.